The maximum absolute atomic E-state index is 3.55. The van der Waals surface area contributed by atoms with Gasteiger partial charge in [-0.15, -0.1) is 0 Å². The van der Waals surface area contributed by atoms with Gasteiger partial charge in [0, 0.05) is 4.47 Å². The molecule has 0 N–H and O–H groups in total. The van der Waals surface area contributed by atoms with E-state index in [2.05, 4.69) is 59.3 Å². The van der Waals surface area contributed by atoms with E-state index in [0.29, 0.717) is 0 Å². The molecule has 2 aromatic carbocycles. The van der Waals surface area contributed by atoms with E-state index in [1.807, 2.05) is 0 Å². The van der Waals surface area contributed by atoms with Gasteiger partial charge in [-0.3, -0.25) is 0 Å². The van der Waals surface area contributed by atoms with Crippen LogP contribution in [0.2, 0.25) is 0 Å². The molecule has 0 nitrogen and oxygen atoms in total. The van der Waals surface area contributed by atoms with Crippen molar-refractivity contribution in [3.05, 3.63) is 46.4 Å². The molecule has 20 heavy (non-hydrogen) atoms. The maximum atomic E-state index is 3.55. The average Bonchev–Trinajstić information content (AvgIpc) is 2.48. The van der Waals surface area contributed by atoms with Gasteiger partial charge >= 0.3 is 0 Å². The van der Waals surface area contributed by atoms with E-state index in [9.17, 15) is 0 Å². The Balaban J connectivity index is 1.76. The zero-order valence-electron chi connectivity index (χ0n) is 12.2. The molecule has 0 saturated heterocycles. The molecule has 0 spiro atoms. The Morgan fingerprint density at radius 2 is 1.65 bits per heavy atom. The van der Waals surface area contributed by atoms with Gasteiger partial charge in [-0.1, -0.05) is 60.0 Å². The molecule has 1 fully saturated rings. The molecule has 0 unspecified atom stereocenters. The molecular formula is C19H23Br. The van der Waals surface area contributed by atoms with Crippen LogP contribution < -0.4 is 0 Å². The first-order valence-electron chi connectivity index (χ1n) is 7.95. The molecule has 1 aliphatic rings. The van der Waals surface area contributed by atoms with Gasteiger partial charge in [0.15, 0.2) is 0 Å². The van der Waals surface area contributed by atoms with Crippen LogP contribution in [0.1, 0.15) is 56.9 Å². The van der Waals surface area contributed by atoms with E-state index in [4.69, 9.17) is 0 Å². The molecule has 1 heteroatoms. The largest absolute Gasteiger partial charge is 0.0654 e. The lowest BCUT2D eigenvalue weighted by atomic mass is 9.77. The second-order valence-electron chi connectivity index (χ2n) is 6.26. The Kier molecular flexibility index (Phi) is 4.45. The predicted molar refractivity (Wildman–Crippen MR) is 91.3 cm³/mol. The lowest BCUT2D eigenvalue weighted by Crippen LogP contribution is -2.13. The van der Waals surface area contributed by atoms with E-state index in [0.717, 1.165) is 16.3 Å². The lowest BCUT2D eigenvalue weighted by Gasteiger charge is -2.28. The van der Waals surface area contributed by atoms with Crippen LogP contribution in [0, 0.1) is 5.92 Å². The Morgan fingerprint density at radius 3 is 2.40 bits per heavy atom. The van der Waals surface area contributed by atoms with Crippen LogP contribution in [0.3, 0.4) is 0 Å². The maximum Gasteiger partial charge on any atom is 0.0181 e. The monoisotopic (exact) mass is 330 g/mol. The molecule has 0 amide bonds. The van der Waals surface area contributed by atoms with Crippen molar-refractivity contribution < 1.29 is 0 Å². The molecule has 0 aromatic heterocycles. The third-order valence-corrected chi connectivity index (χ3v) is 5.33. The first kappa shape index (κ1) is 14.1. The minimum absolute atomic E-state index is 0.788. The van der Waals surface area contributed by atoms with E-state index in [1.165, 1.54) is 49.3 Å². The van der Waals surface area contributed by atoms with Gasteiger partial charge in [0.1, 0.15) is 0 Å². The quantitative estimate of drug-likeness (QED) is 0.589. The average molecular weight is 331 g/mol. The highest BCUT2D eigenvalue weighted by Crippen LogP contribution is 2.38. The Hall–Kier alpha value is -0.820. The van der Waals surface area contributed by atoms with Crippen molar-refractivity contribution in [2.75, 3.05) is 0 Å². The summed E-state index contributed by atoms with van der Waals surface area (Å²) in [4.78, 5) is 0. The molecule has 0 atom stereocenters. The van der Waals surface area contributed by atoms with Crippen molar-refractivity contribution in [3.63, 3.8) is 0 Å². The molecule has 0 heterocycles. The van der Waals surface area contributed by atoms with Crippen LogP contribution in [0.25, 0.3) is 10.8 Å². The molecular weight excluding hydrogens is 308 g/mol. The molecule has 2 aromatic rings. The fourth-order valence-electron chi connectivity index (χ4n) is 3.68. The third kappa shape index (κ3) is 3.09. The van der Waals surface area contributed by atoms with Gasteiger partial charge in [-0.2, -0.15) is 0 Å². The third-order valence-electron chi connectivity index (χ3n) is 4.84. The fraction of sp³-hybridized carbons (Fsp3) is 0.474. The summed E-state index contributed by atoms with van der Waals surface area (Å²) >= 11 is 3.55. The van der Waals surface area contributed by atoms with E-state index in [1.54, 1.807) is 5.56 Å². The normalized spacial score (nSPS) is 23.1. The Bertz CT molecular complexity index is 579. The highest BCUT2D eigenvalue weighted by atomic mass is 79.9. The van der Waals surface area contributed by atoms with Gasteiger partial charge in [0.2, 0.25) is 0 Å². The van der Waals surface area contributed by atoms with Crippen molar-refractivity contribution in [2.24, 2.45) is 5.92 Å². The first-order valence-corrected chi connectivity index (χ1v) is 8.75. The zero-order valence-corrected chi connectivity index (χ0v) is 13.8. The van der Waals surface area contributed by atoms with Crippen LogP contribution in [0.5, 0.6) is 0 Å². The van der Waals surface area contributed by atoms with Crippen LogP contribution in [0.15, 0.2) is 40.9 Å². The summed E-state index contributed by atoms with van der Waals surface area (Å²) in [5.74, 6) is 1.78. The summed E-state index contributed by atoms with van der Waals surface area (Å²) in [6.45, 7) is 2.31. The lowest BCUT2D eigenvalue weighted by molar-refractivity contribution is 0.308. The summed E-state index contributed by atoms with van der Waals surface area (Å²) in [5, 5.41) is 2.71. The highest BCUT2D eigenvalue weighted by molar-refractivity contribution is 9.10. The van der Waals surface area contributed by atoms with Crippen LogP contribution in [0.4, 0.5) is 0 Å². The number of hydrogen-bond acceptors (Lipinski definition) is 0. The van der Waals surface area contributed by atoms with Crippen molar-refractivity contribution in [3.8, 4) is 0 Å². The second-order valence-corrected chi connectivity index (χ2v) is 7.17. The van der Waals surface area contributed by atoms with Crippen molar-refractivity contribution in [1.29, 1.82) is 0 Å². The van der Waals surface area contributed by atoms with Crippen molar-refractivity contribution in [1.82, 2.24) is 0 Å². The van der Waals surface area contributed by atoms with Gasteiger partial charge in [-0.25, -0.2) is 0 Å². The SMILES string of the molecule is CCC[C@H]1CC[C@H](c2ccc3cc(Br)ccc3c2)CC1. The van der Waals surface area contributed by atoms with Crippen LogP contribution in [-0.4, -0.2) is 0 Å². The van der Waals surface area contributed by atoms with Crippen molar-refractivity contribution in [2.45, 2.75) is 51.4 Å². The van der Waals surface area contributed by atoms with Crippen molar-refractivity contribution >= 4 is 26.7 Å². The minimum atomic E-state index is 0.788. The minimum Gasteiger partial charge on any atom is -0.0654 e. The Labute approximate surface area is 130 Å². The van der Waals surface area contributed by atoms with Gasteiger partial charge in [0.05, 0.1) is 0 Å². The van der Waals surface area contributed by atoms with Crippen LogP contribution in [-0.2, 0) is 0 Å². The molecule has 3 rings (SSSR count). The molecule has 0 aliphatic heterocycles. The molecule has 0 bridgehead atoms. The number of rotatable bonds is 3. The summed E-state index contributed by atoms with van der Waals surface area (Å²) in [5.41, 5.74) is 1.55. The smallest absolute Gasteiger partial charge is 0.0181 e. The summed E-state index contributed by atoms with van der Waals surface area (Å²) < 4.78 is 1.16. The number of hydrogen-bond donors (Lipinski definition) is 0. The molecule has 106 valence electrons. The summed E-state index contributed by atoms with van der Waals surface area (Å²) in [7, 11) is 0. The van der Waals surface area contributed by atoms with Gasteiger partial charge in [-0.05, 0) is 66.0 Å². The Morgan fingerprint density at radius 1 is 0.950 bits per heavy atom. The highest BCUT2D eigenvalue weighted by Gasteiger charge is 2.21. The number of halogens is 1. The van der Waals surface area contributed by atoms with Crippen LogP contribution >= 0.6 is 15.9 Å². The summed E-state index contributed by atoms with van der Waals surface area (Å²) in [6.07, 6.45) is 8.39. The predicted octanol–water partition coefficient (Wildman–Crippen LogP) is 6.68. The first-order chi connectivity index (χ1) is 9.76. The second kappa shape index (κ2) is 6.30. The van der Waals surface area contributed by atoms with Gasteiger partial charge in [0.25, 0.3) is 0 Å². The topological polar surface area (TPSA) is 0 Å². The van der Waals surface area contributed by atoms with E-state index >= 15 is 0 Å². The standard InChI is InChI=1S/C19H23Br/c1-2-3-14-4-6-15(7-5-14)16-8-9-18-13-19(20)11-10-17(18)12-16/h8-15H,2-7H2,1H3/t14-,15-. The summed E-state index contributed by atoms with van der Waals surface area (Å²) in [6, 6.07) is 13.6. The molecule has 1 aliphatic carbocycles. The van der Waals surface area contributed by atoms with E-state index in [-0.39, 0.29) is 0 Å². The molecule has 0 radical (unpaired) electrons. The van der Waals surface area contributed by atoms with E-state index < -0.39 is 0 Å². The zero-order chi connectivity index (χ0) is 13.9. The number of benzene rings is 2. The number of fused-ring (bicyclic) bond motifs is 1. The molecule has 1 saturated carbocycles. The fourth-order valence-corrected chi connectivity index (χ4v) is 4.06. The van der Waals surface area contributed by atoms with Gasteiger partial charge < -0.3 is 0 Å².